The van der Waals surface area contributed by atoms with Crippen LogP contribution in [0.4, 0.5) is 0 Å². The second kappa shape index (κ2) is 7.26. The van der Waals surface area contributed by atoms with E-state index in [9.17, 15) is 4.79 Å². The Balaban J connectivity index is 1.83. The second-order valence-corrected chi connectivity index (χ2v) is 6.93. The number of nitrogens with zero attached hydrogens (tertiary/aromatic N) is 1. The lowest BCUT2D eigenvalue weighted by Gasteiger charge is -2.27. The van der Waals surface area contributed by atoms with E-state index in [4.69, 9.17) is 5.73 Å². The van der Waals surface area contributed by atoms with Gasteiger partial charge in [0.15, 0.2) is 0 Å². The van der Waals surface area contributed by atoms with Gasteiger partial charge in [-0.05, 0) is 38.5 Å². The third-order valence-electron chi connectivity index (χ3n) is 3.49. The maximum atomic E-state index is 12.1. The number of nitrogens with two attached hydrogens (primary N) is 1. The van der Waals surface area contributed by atoms with Gasteiger partial charge in [-0.1, -0.05) is 0 Å². The Morgan fingerprint density at radius 1 is 1.53 bits per heavy atom. The van der Waals surface area contributed by atoms with Crippen molar-refractivity contribution in [1.29, 1.82) is 0 Å². The molecule has 1 saturated carbocycles. The fourth-order valence-corrected chi connectivity index (χ4v) is 3.89. The molecule has 0 bridgehead atoms. The summed E-state index contributed by atoms with van der Waals surface area (Å²) in [4.78, 5) is 16.4. The quantitative estimate of drug-likeness (QED) is 0.873. The maximum absolute atomic E-state index is 12.1. The molecule has 3 N–H and O–H groups in total. The van der Waals surface area contributed by atoms with E-state index in [0.717, 1.165) is 29.5 Å². The summed E-state index contributed by atoms with van der Waals surface area (Å²) in [7, 11) is 0. The maximum Gasteiger partial charge on any atom is 0.270 e. The van der Waals surface area contributed by atoms with Crippen LogP contribution in [0.5, 0.6) is 0 Å². The van der Waals surface area contributed by atoms with Crippen LogP contribution in [-0.4, -0.2) is 35.0 Å². The number of hydrogen-bond donors (Lipinski definition) is 2. The van der Waals surface area contributed by atoms with Crippen molar-refractivity contribution in [3.8, 4) is 0 Å². The molecule has 6 heteroatoms. The highest BCUT2D eigenvalue weighted by atomic mass is 32.2. The van der Waals surface area contributed by atoms with Gasteiger partial charge in [0.1, 0.15) is 5.69 Å². The SMILES string of the molecule is CSC1CCC(NC(=O)c2csc(CCN)n2)CC1. The highest BCUT2D eigenvalue weighted by Gasteiger charge is 2.22. The number of carbonyl (C=O) groups excluding carboxylic acids is 1. The average Bonchev–Trinajstić information content (AvgIpc) is 2.89. The number of rotatable bonds is 5. The fraction of sp³-hybridized carbons (Fsp3) is 0.692. The molecular weight excluding hydrogens is 278 g/mol. The largest absolute Gasteiger partial charge is 0.348 e. The first-order valence-electron chi connectivity index (χ1n) is 6.71. The molecular formula is C13H21N3OS2. The Labute approximate surface area is 122 Å². The molecule has 0 aliphatic heterocycles. The van der Waals surface area contributed by atoms with Gasteiger partial charge >= 0.3 is 0 Å². The standard InChI is InChI=1S/C13H21N3OS2/c1-18-10-4-2-9(3-5-10)15-13(17)11-8-19-12(16-11)6-7-14/h8-10H,2-7,14H2,1H3,(H,15,17). The Morgan fingerprint density at radius 2 is 2.26 bits per heavy atom. The van der Waals surface area contributed by atoms with Gasteiger partial charge in [0.05, 0.1) is 5.01 Å². The number of aromatic nitrogens is 1. The smallest absolute Gasteiger partial charge is 0.270 e. The van der Waals surface area contributed by atoms with Crippen molar-refractivity contribution in [2.45, 2.75) is 43.4 Å². The monoisotopic (exact) mass is 299 g/mol. The van der Waals surface area contributed by atoms with E-state index in [0.29, 0.717) is 18.3 Å². The minimum atomic E-state index is -0.0351. The van der Waals surface area contributed by atoms with Crippen LogP contribution < -0.4 is 11.1 Å². The number of carbonyl (C=O) groups is 1. The molecule has 19 heavy (non-hydrogen) atoms. The first-order chi connectivity index (χ1) is 9.22. The molecule has 0 saturated heterocycles. The molecule has 1 aromatic heterocycles. The predicted octanol–water partition coefficient (Wildman–Crippen LogP) is 2.05. The highest BCUT2D eigenvalue weighted by molar-refractivity contribution is 7.99. The van der Waals surface area contributed by atoms with Crippen molar-refractivity contribution in [2.24, 2.45) is 5.73 Å². The van der Waals surface area contributed by atoms with Gasteiger partial charge < -0.3 is 11.1 Å². The third kappa shape index (κ3) is 4.19. The predicted molar refractivity (Wildman–Crippen MR) is 81.9 cm³/mol. The van der Waals surface area contributed by atoms with E-state index in [2.05, 4.69) is 16.6 Å². The van der Waals surface area contributed by atoms with Crippen molar-refractivity contribution in [2.75, 3.05) is 12.8 Å². The minimum absolute atomic E-state index is 0.0351. The van der Waals surface area contributed by atoms with Gasteiger partial charge in [0.2, 0.25) is 0 Å². The van der Waals surface area contributed by atoms with E-state index in [1.54, 1.807) is 0 Å². The summed E-state index contributed by atoms with van der Waals surface area (Å²) >= 11 is 3.45. The van der Waals surface area contributed by atoms with E-state index >= 15 is 0 Å². The van der Waals surface area contributed by atoms with Crippen molar-refractivity contribution >= 4 is 29.0 Å². The number of hydrogen-bond acceptors (Lipinski definition) is 5. The zero-order chi connectivity index (χ0) is 13.7. The van der Waals surface area contributed by atoms with Crippen LogP contribution in [0.1, 0.15) is 41.2 Å². The first-order valence-corrected chi connectivity index (χ1v) is 8.87. The average molecular weight is 299 g/mol. The van der Waals surface area contributed by atoms with Crippen LogP contribution in [-0.2, 0) is 6.42 Å². The van der Waals surface area contributed by atoms with E-state index in [1.165, 1.54) is 24.2 Å². The van der Waals surface area contributed by atoms with Gasteiger partial charge in [-0.3, -0.25) is 4.79 Å². The van der Waals surface area contributed by atoms with Crippen molar-refractivity contribution in [1.82, 2.24) is 10.3 Å². The van der Waals surface area contributed by atoms with Crippen LogP contribution in [0, 0.1) is 0 Å². The van der Waals surface area contributed by atoms with E-state index < -0.39 is 0 Å². The molecule has 1 aliphatic carbocycles. The summed E-state index contributed by atoms with van der Waals surface area (Å²) in [5.74, 6) is -0.0351. The highest BCUT2D eigenvalue weighted by Crippen LogP contribution is 2.27. The summed E-state index contributed by atoms with van der Waals surface area (Å²) in [5, 5.41) is 6.64. The van der Waals surface area contributed by atoms with Crippen LogP contribution in [0.15, 0.2) is 5.38 Å². The molecule has 1 heterocycles. The number of thioether (sulfide) groups is 1. The van der Waals surface area contributed by atoms with Crippen LogP contribution in [0.2, 0.25) is 0 Å². The topological polar surface area (TPSA) is 68.0 Å². The Kier molecular flexibility index (Phi) is 5.66. The third-order valence-corrected chi connectivity index (χ3v) is 5.53. The number of amides is 1. The lowest BCUT2D eigenvalue weighted by molar-refractivity contribution is 0.0923. The van der Waals surface area contributed by atoms with Gasteiger partial charge in [-0.15, -0.1) is 11.3 Å². The molecule has 0 atom stereocenters. The molecule has 4 nitrogen and oxygen atoms in total. The second-order valence-electron chi connectivity index (χ2n) is 4.85. The van der Waals surface area contributed by atoms with Crippen molar-refractivity contribution < 1.29 is 4.79 Å². The first kappa shape index (κ1) is 14.8. The summed E-state index contributed by atoms with van der Waals surface area (Å²) in [5.41, 5.74) is 6.03. The van der Waals surface area contributed by atoms with Crippen LogP contribution in [0.3, 0.4) is 0 Å². The summed E-state index contributed by atoms with van der Waals surface area (Å²) in [6, 6.07) is 0.315. The Hall–Kier alpha value is -0.590. The van der Waals surface area contributed by atoms with Gasteiger partial charge in [-0.25, -0.2) is 4.98 Å². The summed E-state index contributed by atoms with van der Waals surface area (Å²) < 4.78 is 0. The fourth-order valence-electron chi connectivity index (χ4n) is 2.36. The van der Waals surface area contributed by atoms with Gasteiger partial charge in [0, 0.05) is 23.1 Å². The number of thiazole rings is 1. The molecule has 1 amide bonds. The van der Waals surface area contributed by atoms with E-state index in [-0.39, 0.29) is 5.91 Å². The molecule has 0 spiro atoms. The van der Waals surface area contributed by atoms with Crippen molar-refractivity contribution in [3.05, 3.63) is 16.1 Å². The molecule has 1 aromatic rings. The molecule has 1 aliphatic rings. The Morgan fingerprint density at radius 3 is 2.89 bits per heavy atom. The Bertz CT molecular complexity index is 414. The zero-order valence-corrected chi connectivity index (χ0v) is 12.9. The molecule has 0 unspecified atom stereocenters. The summed E-state index contributed by atoms with van der Waals surface area (Å²) in [6.07, 6.45) is 7.46. The molecule has 0 radical (unpaired) electrons. The minimum Gasteiger partial charge on any atom is -0.348 e. The van der Waals surface area contributed by atoms with Gasteiger partial charge in [-0.2, -0.15) is 11.8 Å². The zero-order valence-electron chi connectivity index (χ0n) is 11.2. The van der Waals surface area contributed by atoms with Crippen LogP contribution >= 0.6 is 23.1 Å². The molecule has 1 fully saturated rings. The molecule has 0 aromatic carbocycles. The normalized spacial score (nSPS) is 23.3. The van der Waals surface area contributed by atoms with Crippen LogP contribution in [0.25, 0.3) is 0 Å². The number of nitrogens with one attached hydrogen (secondary N) is 1. The summed E-state index contributed by atoms with van der Waals surface area (Å²) in [6.45, 7) is 0.577. The van der Waals surface area contributed by atoms with Crippen molar-refractivity contribution in [3.63, 3.8) is 0 Å². The molecule has 106 valence electrons. The van der Waals surface area contributed by atoms with Gasteiger partial charge in [0.25, 0.3) is 5.91 Å². The lowest BCUT2D eigenvalue weighted by atomic mass is 9.95. The van der Waals surface area contributed by atoms with E-state index in [1.807, 2.05) is 17.1 Å². The molecule has 2 rings (SSSR count). The lowest BCUT2D eigenvalue weighted by Crippen LogP contribution is -2.38.